The molecule has 0 saturated heterocycles. The van der Waals surface area contributed by atoms with Crippen LogP contribution in [0.25, 0.3) is 0 Å². The van der Waals surface area contributed by atoms with E-state index in [0.29, 0.717) is 11.4 Å². The molecule has 0 unspecified atom stereocenters. The normalized spacial score (nSPS) is 11.3. The molecule has 0 aromatic heterocycles. The molecule has 0 heterocycles. The molecule has 2 amide bonds. The van der Waals surface area contributed by atoms with Crippen molar-refractivity contribution in [2.45, 2.75) is 11.8 Å². The third-order valence-electron chi connectivity index (χ3n) is 3.95. The number of hydrogen-bond donors (Lipinski definition) is 1. The summed E-state index contributed by atoms with van der Waals surface area (Å²) in [5, 5.41) is 2.80. The summed E-state index contributed by atoms with van der Waals surface area (Å²) in [5.41, 5.74) is 1.21. The topological polar surface area (TPSA) is 86.8 Å². The lowest BCUT2D eigenvalue weighted by Crippen LogP contribution is -2.23. The molecule has 0 fully saturated rings. The van der Waals surface area contributed by atoms with Gasteiger partial charge < -0.3 is 10.2 Å². The van der Waals surface area contributed by atoms with E-state index in [-0.39, 0.29) is 21.4 Å². The molecule has 9 heteroatoms. The number of hydrogen-bond acceptors (Lipinski definition) is 4. The summed E-state index contributed by atoms with van der Waals surface area (Å²) in [7, 11) is 0.769. The zero-order valence-electron chi connectivity index (χ0n) is 15.4. The van der Waals surface area contributed by atoms with Gasteiger partial charge in [0.15, 0.2) is 0 Å². The molecule has 1 N–H and O–H groups in total. The van der Waals surface area contributed by atoms with Crippen LogP contribution in [0, 0.1) is 0 Å². The van der Waals surface area contributed by atoms with Crippen molar-refractivity contribution in [1.29, 1.82) is 0 Å². The molecule has 27 heavy (non-hydrogen) atoms. The number of sulfonamides is 1. The van der Waals surface area contributed by atoms with Gasteiger partial charge in [0.05, 0.1) is 15.5 Å². The number of nitrogens with zero attached hydrogens (tertiary/aromatic N) is 2. The molecule has 0 spiro atoms. The van der Waals surface area contributed by atoms with E-state index in [1.165, 1.54) is 44.1 Å². The Morgan fingerprint density at radius 3 is 2.11 bits per heavy atom. The molecule has 7 nitrogen and oxygen atoms in total. The van der Waals surface area contributed by atoms with Crippen molar-refractivity contribution in [3.63, 3.8) is 0 Å². The van der Waals surface area contributed by atoms with E-state index >= 15 is 0 Å². The van der Waals surface area contributed by atoms with E-state index in [4.69, 9.17) is 11.6 Å². The van der Waals surface area contributed by atoms with Crippen LogP contribution >= 0.6 is 11.6 Å². The monoisotopic (exact) mass is 409 g/mol. The average Bonchev–Trinajstić information content (AvgIpc) is 2.61. The van der Waals surface area contributed by atoms with Gasteiger partial charge in [-0.1, -0.05) is 11.6 Å². The van der Waals surface area contributed by atoms with Crippen LogP contribution in [0.4, 0.5) is 11.4 Å². The molecule has 0 aliphatic heterocycles. The van der Waals surface area contributed by atoms with E-state index in [2.05, 4.69) is 5.32 Å². The zero-order chi connectivity index (χ0) is 20.4. The van der Waals surface area contributed by atoms with Gasteiger partial charge in [-0.15, -0.1) is 0 Å². The Balaban J connectivity index is 2.27. The molecule has 0 atom stereocenters. The number of carbonyl (C=O) groups is 2. The molecule has 0 radical (unpaired) electrons. The van der Waals surface area contributed by atoms with Gasteiger partial charge in [0, 0.05) is 39.4 Å². The van der Waals surface area contributed by atoms with Crippen LogP contribution < -0.4 is 10.2 Å². The van der Waals surface area contributed by atoms with Gasteiger partial charge in [-0.3, -0.25) is 9.59 Å². The van der Waals surface area contributed by atoms with Crippen molar-refractivity contribution in [2.24, 2.45) is 0 Å². The summed E-state index contributed by atoms with van der Waals surface area (Å²) in [5.74, 6) is -0.652. The Hall–Kier alpha value is -2.42. The van der Waals surface area contributed by atoms with Gasteiger partial charge in [0.1, 0.15) is 0 Å². The molecule has 0 aliphatic rings. The van der Waals surface area contributed by atoms with Gasteiger partial charge in [-0.05, 0) is 42.5 Å². The Kier molecular flexibility index (Phi) is 6.25. The molecule has 0 saturated carbocycles. The highest BCUT2D eigenvalue weighted by Gasteiger charge is 2.21. The Morgan fingerprint density at radius 2 is 1.59 bits per heavy atom. The van der Waals surface area contributed by atoms with Gasteiger partial charge in [0.25, 0.3) is 5.91 Å². The summed E-state index contributed by atoms with van der Waals surface area (Å²) >= 11 is 6.08. The Labute approximate surface area is 163 Å². The number of anilines is 2. The van der Waals surface area contributed by atoms with Crippen LogP contribution in [0.3, 0.4) is 0 Å². The minimum absolute atomic E-state index is 0.0273. The maximum Gasteiger partial charge on any atom is 0.257 e. The second-order valence-corrected chi connectivity index (χ2v) is 8.57. The van der Waals surface area contributed by atoms with Crippen molar-refractivity contribution < 1.29 is 18.0 Å². The fourth-order valence-electron chi connectivity index (χ4n) is 2.20. The first-order chi connectivity index (χ1) is 12.5. The quantitative estimate of drug-likeness (QED) is 0.822. The third kappa shape index (κ3) is 4.65. The number of amides is 2. The molecule has 2 aromatic carbocycles. The Morgan fingerprint density at radius 1 is 1.00 bits per heavy atom. The van der Waals surface area contributed by atoms with Crippen molar-refractivity contribution in [3.05, 3.63) is 53.1 Å². The van der Waals surface area contributed by atoms with Gasteiger partial charge in [0.2, 0.25) is 15.9 Å². The first-order valence-electron chi connectivity index (χ1n) is 7.92. The predicted octanol–water partition coefficient (Wildman–Crippen LogP) is 2.83. The number of nitrogens with one attached hydrogen (secondary N) is 1. The van der Waals surface area contributed by atoms with E-state index in [1.54, 1.807) is 31.3 Å². The molecule has 0 bridgehead atoms. The van der Waals surface area contributed by atoms with Crippen molar-refractivity contribution >= 4 is 44.8 Å². The van der Waals surface area contributed by atoms with Crippen LogP contribution in [0.2, 0.25) is 5.02 Å². The summed E-state index contributed by atoms with van der Waals surface area (Å²) in [6, 6.07) is 10.6. The summed E-state index contributed by atoms with van der Waals surface area (Å²) in [6.07, 6.45) is 0. The van der Waals surface area contributed by atoms with Crippen molar-refractivity contribution in [3.8, 4) is 0 Å². The maximum absolute atomic E-state index is 12.5. The maximum atomic E-state index is 12.5. The second-order valence-electron chi connectivity index (χ2n) is 6.01. The lowest BCUT2D eigenvalue weighted by molar-refractivity contribution is -0.116. The summed E-state index contributed by atoms with van der Waals surface area (Å²) in [4.78, 5) is 25.4. The number of halogens is 1. The largest absolute Gasteiger partial charge is 0.322 e. The molecular formula is C18H20ClN3O4S. The number of benzene rings is 2. The predicted molar refractivity (Wildman–Crippen MR) is 106 cm³/mol. The average molecular weight is 410 g/mol. The van der Waals surface area contributed by atoms with E-state index in [0.717, 1.165) is 4.31 Å². The standard InChI is InChI=1S/C18H20ClN3O4S/c1-12(23)22(4)14-7-5-13(6-8-14)20-18(24)16-11-15(9-10-17(16)19)27(25,26)21(2)3/h5-11H,1-4H3,(H,20,24). The van der Waals surface area contributed by atoms with E-state index < -0.39 is 15.9 Å². The molecule has 2 aromatic rings. The highest BCUT2D eigenvalue weighted by atomic mass is 35.5. The number of rotatable bonds is 5. The fourth-order valence-corrected chi connectivity index (χ4v) is 3.33. The van der Waals surface area contributed by atoms with Gasteiger partial charge >= 0.3 is 0 Å². The lowest BCUT2D eigenvalue weighted by Gasteiger charge is -2.16. The zero-order valence-corrected chi connectivity index (χ0v) is 16.9. The van der Waals surface area contributed by atoms with Crippen molar-refractivity contribution in [2.75, 3.05) is 31.4 Å². The smallest absolute Gasteiger partial charge is 0.257 e. The Bertz CT molecular complexity index is 973. The fraction of sp³-hybridized carbons (Fsp3) is 0.222. The highest BCUT2D eigenvalue weighted by molar-refractivity contribution is 7.89. The summed E-state index contributed by atoms with van der Waals surface area (Å²) in [6.45, 7) is 1.45. The van der Waals surface area contributed by atoms with Gasteiger partial charge in [-0.2, -0.15) is 0 Å². The highest BCUT2D eigenvalue weighted by Crippen LogP contribution is 2.24. The van der Waals surface area contributed by atoms with Crippen LogP contribution in [0.15, 0.2) is 47.4 Å². The van der Waals surface area contributed by atoms with Gasteiger partial charge in [-0.25, -0.2) is 12.7 Å². The first-order valence-corrected chi connectivity index (χ1v) is 9.73. The summed E-state index contributed by atoms with van der Waals surface area (Å²) < 4.78 is 25.6. The number of carbonyl (C=O) groups excluding carboxylic acids is 2. The molecule has 0 aliphatic carbocycles. The van der Waals surface area contributed by atoms with E-state index in [9.17, 15) is 18.0 Å². The molecule has 144 valence electrons. The first kappa shape index (κ1) is 20.9. The lowest BCUT2D eigenvalue weighted by atomic mass is 10.2. The third-order valence-corrected chi connectivity index (χ3v) is 6.09. The SMILES string of the molecule is CC(=O)N(C)c1ccc(NC(=O)c2cc(S(=O)(=O)N(C)C)ccc2Cl)cc1. The van der Waals surface area contributed by atoms with Crippen LogP contribution in [-0.2, 0) is 14.8 Å². The van der Waals surface area contributed by atoms with Crippen LogP contribution in [0.5, 0.6) is 0 Å². The molecule has 2 rings (SSSR count). The van der Waals surface area contributed by atoms with E-state index in [1.807, 2.05) is 0 Å². The second kappa shape index (κ2) is 8.08. The van der Waals surface area contributed by atoms with Crippen LogP contribution in [-0.4, -0.2) is 45.7 Å². The molecular weight excluding hydrogens is 390 g/mol. The minimum atomic E-state index is -3.69. The van der Waals surface area contributed by atoms with Crippen molar-refractivity contribution in [1.82, 2.24) is 4.31 Å². The van der Waals surface area contributed by atoms with Crippen LogP contribution in [0.1, 0.15) is 17.3 Å². The minimum Gasteiger partial charge on any atom is -0.322 e.